The van der Waals surface area contributed by atoms with Gasteiger partial charge in [-0.3, -0.25) is 19.7 Å². The van der Waals surface area contributed by atoms with Crippen LogP contribution in [0, 0.1) is 0 Å². The van der Waals surface area contributed by atoms with E-state index < -0.39 is 0 Å². The van der Waals surface area contributed by atoms with Crippen LogP contribution in [0.2, 0.25) is 0 Å². The molecular weight excluding hydrogens is 394 g/mol. The van der Waals surface area contributed by atoms with Gasteiger partial charge in [0.1, 0.15) is 5.75 Å². The molecule has 31 heavy (non-hydrogen) atoms. The molecule has 0 atom stereocenters. The Kier molecular flexibility index (Phi) is 6.49. The van der Waals surface area contributed by atoms with Gasteiger partial charge < -0.3 is 15.0 Å². The molecule has 2 heterocycles. The number of rotatable bonds is 5. The molecule has 0 aliphatic carbocycles. The van der Waals surface area contributed by atoms with Crippen LogP contribution in [0.15, 0.2) is 73.2 Å². The second-order valence-corrected chi connectivity index (χ2v) is 7.17. The molecule has 158 valence electrons. The minimum absolute atomic E-state index is 0.190. The van der Waals surface area contributed by atoms with E-state index in [-0.39, 0.29) is 12.0 Å². The van der Waals surface area contributed by atoms with Gasteiger partial charge in [0, 0.05) is 62.6 Å². The molecule has 4 rings (SSSR count). The van der Waals surface area contributed by atoms with Gasteiger partial charge in [0.05, 0.1) is 5.69 Å². The van der Waals surface area contributed by atoms with E-state index in [1.807, 2.05) is 18.2 Å². The quantitative estimate of drug-likeness (QED) is 0.687. The Hall–Kier alpha value is -3.78. The standard InChI is InChI=1S/C23H23N5O3/c29-22(18-4-2-1-3-5-18)26-19-6-8-21(9-7-19)31-23(30)28-14-12-27(13-15-28)17-20-16-24-10-11-25-20/h1-11,16H,12-15,17H2,(H,26,29). The SMILES string of the molecule is O=C(Nc1ccc(OC(=O)N2CCN(Cc3cnccn3)CC2)cc1)c1ccccc1. The molecule has 1 fully saturated rings. The first-order valence-electron chi connectivity index (χ1n) is 10.1. The number of carbonyl (C=O) groups excluding carboxylic acids is 2. The summed E-state index contributed by atoms with van der Waals surface area (Å²) >= 11 is 0. The summed E-state index contributed by atoms with van der Waals surface area (Å²) in [6.45, 7) is 3.38. The summed E-state index contributed by atoms with van der Waals surface area (Å²) in [7, 11) is 0. The lowest BCUT2D eigenvalue weighted by atomic mass is 10.2. The highest BCUT2D eigenvalue weighted by Crippen LogP contribution is 2.18. The number of carbonyl (C=O) groups is 2. The van der Waals surface area contributed by atoms with Crippen molar-refractivity contribution in [2.45, 2.75) is 6.54 Å². The molecule has 2 amide bonds. The Labute approximate surface area is 180 Å². The molecule has 3 aromatic rings. The number of anilines is 1. The molecular formula is C23H23N5O3. The van der Waals surface area contributed by atoms with Gasteiger partial charge in [-0.1, -0.05) is 18.2 Å². The molecule has 1 aromatic heterocycles. The number of nitrogens with zero attached hydrogens (tertiary/aromatic N) is 4. The molecule has 1 aliphatic rings. The Morgan fingerprint density at radius 3 is 2.35 bits per heavy atom. The van der Waals surface area contributed by atoms with Crippen LogP contribution in [0.4, 0.5) is 10.5 Å². The normalized spacial score (nSPS) is 14.1. The van der Waals surface area contributed by atoms with Crippen molar-refractivity contribution >= 4 is 17.7 Å². The zero-order chi connectivity index (χ0) is 21.5. The van der Waals surface area contributed by atoms with Gasteiger partial charge in [-0.05, 0) is 36.4 Å². The number of nitrogens with one attached hydrogen (secondary N) is 1. The zero-order valence-electron chi connectivity index (χ0n) is 17.0. The van der Waals surface area contributed by atoms with Crippen LogP contribution in [0.5, 0.6) is 5.75 Å². The van der Waals surface area contributed by atoms with Crippen LogP contribution < -0.4 is 10.1 Å². The van der Waals surface area contributed by atoms with E-state index in [2.05, 4.69) is 20.2 Å². The van der Waals surface area contributed by atoms with E-state index in [1.165, 1.54) is 0 Å². The molecule has 0 bridgehead atoms. The third kappa shape index (κ3) is 5.64. The van der Waals surface area contributed by atoms with E-state index in [9.17, 15) is 9.59 Å². The first-order chi connectivity index (χ1) is 15.2. The number of hydrogen-bond acceptors (Lipinski definition) is 6. The molecule has 1 N–H and O–H groups in total. The number of benzene rings is 2. The van der Waals surface area contributed by atoms with Crippen LogP contribution in [0.1, 0.15) is 16.1 Å². The summed E-state index contributed by atoms with van der Waals surface area (Å²) in [5, 5.41) is 2.82. The van der Waals surface area contributed by atoms with E-state index in [4.69, 9.17) is 4.74 Å². The fourth-order valence-corrected chi connectivity index (χ4v) is 3.29. The summed E-state index contributed by atoms with van der Waals surface area (Å²) < 4.78 is 5.49. The lowest BCUT2D eigenvalue weighted by Gasteiger charge is -2.33. The van der Waals surface area contributed by atoms with Crippen LogP contribution in [-0.4, -0.2) is 57.9 Å². The van der Waals surface area contributed by atoms with Gasteiger partial charge >= 0.3 is 6.09 Å². The summed E-state index contributed by atoms with van der Waals surface area (Å²) in [4.78, 5) is 37.0. The highest BCUT2D eigenvalue weighted by molar-refractivity contribution is 6.04. The second-order valence-electron chi connectivity index (χ2n) is 7.17. The van der Waals surface area contributed by atoms with Gasteiger partial charge in [0.15, 0.2) is 0 Å². The van der Waals surface area contributed by atoms with Crippen LogP contribution in [0.25, 0.3) is 0 Å². The second kappa shape index (κ2) is 9.82. The first kappa shape index (κ1) is 20.5. The van der Waals surface area contributed by atoms with Crippen molar-refractivity contribution in [1.29, 1.82) is 0 Å². The van der Waals surface area contributed by atoms with E-state index in [1.54, 1.807) is 59.9 Å². The van der Waals surface area contributed by atoms with E-state index in [0.29, 0.717) is 36.6 Å². The van der Waals surface area contributed by atoms with Gasteiger partial charge in [-0.2, -0.15) is 0 Å². The monoisotopic (exact) mass is 417 g/mol. The number of aromatic nitrogens is 2. The molecule has 0 spiro atoms. The van der Waals surface area contributed by atoms with Crippen LogP contribution in [-0.2, 0) is 6.54 Å². The molecule has 0 unspecified atom stereocenters. The first-order valence-corrected chi connectivity index (χ1v) is 10.1. The Morgan fingerprint density at radius 2 is 1.68 bits per heavy atom. The number of piperazine rings is 1. The van der Waals surface area contributed by atoms with Gasteiger partial charge in [-0.15, -0.1) is 0 Å². The number of hydrogen-bond donors (Lipinski definition) is 1. The smallest absolute Gasteiger partial charge is 0.410 e. The maximum Gasteiger partial charge on any atom is 0.415 e. The molecule has 1 saturated heterocycles. The highest BCUT2D eigenvalue weighted by atomic mass is 16.6. The predicted molar refractivity (Wildman–Crippen MR) is 116 cm³/mol. The van der Waals surface area contributed by atoms with Crippen molar-refractivity contribution in [1.82, 2.24) is 19.8 Å². The minimum atomic E-state index is -0.375. The average Bonchev–Trinajstić information content (AvgIpc) is 2.82. The maximum atomic E-state index is 12.5. The third-order valence-electron chi connectivity index (χ3n) is 4.99. The van der Waals surface area contributed by atoms with Crippen molar-refractivity contribution < 1.29 is 14.3 Å². The molecule has 0 saturated carbocycles. The molecule has 1 aliphatic heterocycles. The fraction of sp³-hybridized carbons (Fsp3) is 0.217. The highest BCUT2D eigenvalue weighted by Gasteiger charge is 2.23. The molecule has 2 aromatic carbocycles. The van der Waals surface area contributed by atoms with Gasteiger partial charge in [0.25, 0.3) is 5.91 Å². The fourth-order valence-electron chi connectivity index (χ4n) is 3.29. The largest absolute Gasteiger partial charge is 0.415 e. The van der Waals surface area contributed by atoms with Crippen molar-refractivity contribution in [3.05, 3.63) is 84.4 Å². The van der Waals surface area contributed by atoms with Crippen molar-refractivity contribution in [3.8, 4) is 5.75 Å². The van der Waals surface area contributed by atoms with Crippen LogP contribution >= 0.6 is 0 Å². The number of ether oxygens (including phenoxy) is 1. The zero-order valence-corrected chi connectivity index (χ0v) is 17.0. The minimum Gasteiger partial charge on any atom is -0.410 e. The lowest BCUT2D eigenvalue weighted by Crippen LogP contribution is -2.49. The Bertz CT molecular complexity index is 1000. The summed E-state index contributed by atoms with van der Waals surface area (Å²) in [5.74, 6) is 0.245. The van der Waals surface area contributed by atoms with E-state index >= 15 is 0 Å². The Balaban J connectivity index is 1.25. The van der Waals surface area contributed by atoms with Crippen molar-refractivity contribution in [2.75, 3.05) is 31.5 Å². The van der Waals surface area contributed by atoms with Crippen LogP contribution in [0.3, 0.4) is 0 Å². The Morgan fingerprint density at radius 1 is 0.935 bits per heavy atom. The topological polar surface area (TPSA) is 87.7 Å². The summed E-state index contributed by atoms with van der Waals surface area (Å²) in [5.41, 5.74) is 2.13. The maximum absolute atomic E-state index is 12.5. The summed E-state index contributed by atoms with van der Waals surface area (Å²) in [6, 6.07) is 15.7. The van der Waals surface area contributed by atoms with Crippen molar-refractivity contribution in [3.63, 3.8) is 0 Å². The van der Waals surface area contributed by atoms with Gasteiger partial charge in [-0.25, -0.2) is 4.79 Å². The predicted octanol–water partition coefficient (Wildman–Crippen LogP) is 3.05. The van der Waals surface area contributed by atoms with E-state index in [0.717, 1.165) is 18.8 Å². The molecule has 0 radical (unpaired) electrons. The average molecular weight is 417 g/mol. The lowest BCUT2D eigenvalue weighted by molar-refractivity contribution is 0.102. The number of amides is 2. The third-order valence-corrected chi connectivity index (χ3v) is 4.99. The summed E-state index contributed by atoms with van der Waals surface area (Å²) in [6.07, 6.45) is 4.72. The molecule has 8 heteroatoms. The molecule has 8 nitrogen and oxygen atoms in total. The van der Waals surface area contributed by atoms with Gasteiger partial charge in [0.2, 0.25) is 0 Å². The van der Waals surface area contributed by atoms with Crippen molar-refractivity contribution in [2.24, 2.45) is 0 Å².